The molecule has 0 radical (unpaired) electrons. The smallest absolute Gasteiger partial charge is 0.0541 e. The molecule has 3 heteroatoms. The fourth-order valence-electron chi connectivity index (χ4n) is 8.88. The summed E-state index contributed by atoms with van der Waals surface area (Å²) in [6.45, 7) is 4.72. The van der Waals surface area contributed by atoms with Gasteiger partial charge in [-0.15, -0.1) is 11.3 Å². The minimum Gasteiger partial charge on any atom is -0.310 e. The lowest BCUT2D eigenvalue weighted by Gasteiger charge is -2.42. The van der Waals surface area contributed by atoms with E-state index in [1.165, 1.54) is 92.4 Å². The zero-order valence-electron chi connectivity index (χ0n) is 30.1. The maximum atomic E-state index is 2.43. The van der Waals surface area contributed by atoms with Crippen LogP contribution in [0, 0.1) is 0 Å². The van der Waals surface area contributed by atoms with Crippen molar-refractivity contribution in [2.45, 2.75) is 19.3 Å². The van der Waals surface area contributed by atoms with Gasteiger partial charge in [-0.1, -0.05) is 117 Å². The fraction of sp³-hybridized carbons (Fsp3) is 0.0588. The van der Waals surface area contributed by atoms with Crippen molar-refractivity contribution < 1.29 is 0 Å². The van der Waals surface area contributed by atoms with Crippen molar-refractivity contribution in [3.63, 3.8) is 0 Å². The van der Waals surface area contributed by atoms with Crippen LogP contribution in [0.2, 0.25) is 0 Å². The van der Waals surface area contributed by atoms with Crippen molar-refractivity contribution in [1.82, 2.24) is 4.57 Å². The third-order valence-corrected chi connectivity index (χ3v) is 12.7. The summed E-state index contributed by atoms with van der Waals surface area (Å²) >= 11 is 1.87. The Morgan fingerprint density at radius 3 is 1.85 bits per heavy atom. The van der Waals surface area contributed by atoms with Crippen molar-refractivity contribution in [3.05, 3.63) is 193 Å². The largest absolute Gasteiger partial charge is 0.310 e. The second kappa shape index (κ2) is 11.8. The van der Waals surface area contributed by atoms with Crippen LogP contribution in [-0.2, 0) is 5.41 Å². The van der Waals surface area contributed by atoms with Gasteiger partial charge in [0, 0.05) is 47.7 Å². The number of benzene rings is 8. The predicted octanol–water partition coefficient (Wildman–Crippen LogP) is 14.6. The SMILES string of the molecule is CC1(C)c2ccccc2N(c2ccccc2)c2ccc(-c3ccc4c(c3)c3ccccc3n4-c3ccc(-c4ccc5sc6ccccc6c5c4)cc3)cc21. The van der Waals surface area contributed by atoms with Gasteiger partial charge in [0.15, 0.2) is 0 Å². The first-order valence-corrected chi connectivity index (χ1v) is 19.5. The van der Waals surface area contributed by atoms with E-state index >= 15 is 0 Å². The van der Waals surface area contributed by atoms with E-state index in [9.17, 15) is 0 Å². The zero-order valence-corrected chi connectivity index (χ0v) is 30.9. The number of fused-ring (bicyclic) bond motifs is 8. The van der Waals surface area contributed by atoms with E-state index in [-0.39, 0.29) is 5.41 Å². The fourth-order valence-corrected chi connectivity index (χ4v) is 9.96. The van der Waals surface area contributed by atoms with Crippen molar-refractivity contribution in [2.75, 3.05) is 4.90 Å². The summed E-state index contributed by atoms with van der Waals surface area (Å²) < 4.78 is 5.09. The van der Waals surface area contributed by atoms with Gasteiger partial charge in [-0.2, -0.15) is 0 Å². The van der Waals surface area contributed by atoms with E-state index in [2.05, 4.69) is 205 Å². The normalized spacial score (nSPS) is 13.5. The van der Waals surface area contributed by atoms with E-state index < -0.39 is 0 Å². The topological polar surface area (TPSA) is 8.17 Å². The van der Waals surface area contributed by atoms with Crippen LogP contribution in [0.3, 0.4) is 0 Å². The highest BCUT2D eigenvalue weighted by Crippen LogP contribution is 2.52. The van der Waals surface area contributed by atoms with Crippen LogP contribution >= 0.6 is 11.3 Å². The minimum absolute atomic E-state index is 0.164. The van der Waals surface area contributed by atoms with Gasteiger partial charge >= 0.3 is 0 Å². The molecule has 10 aromatic rings. The average Bonchev–Trinajstić information content (AvgIpc) is 3.76. The van der Waals surface area contributed by atoms with Crippen LogP contribution < -0.4 is 4.90 Å². The summed E-state index contributed by atoms with van der Waals surface area (Å²) in [6, 6.07) is 67.1. The zero-order chi connectivity index (χ0) is 36.0. The molecule has 2 aromatic heterocycles. The maximum absolute atomic E-state index is 2.43. The first-order valence-electron chi connectivity index (χ1n) is 18.7. The number of thiophene rings is 1. The van der Waals surface area contributed by atoms with Crippen LogP contribution in [0.1, 0.15) is 25.0 Å². The molecule has 0 saturated heterocycles. The lowest BCUT2D eigenvalue weighted by Crippen LogP contribution is -2.30. The number of rotatable bonds is 4. The number of hydrogen-bond donors (Lipinski definition) is 0. The first kappa shape index (κ1) is 31.1. The number of nitrogens with zero attached hydrogens (tertiary/aromatic N) is 2. The molecule has 256 valence electrons. The standard InChI is InChI=1S/C51H36N2S/c1-51(2)43-16-8-10-18-47(43)53(37-12-4-3-5-13-37)48-28-23-36(32-44(48)51)35-22-27-46-41(30-35)39-14-6-9-17-45(39)52(46)38-25-20-33(21-26-38)34-24-29-50-42(31-34)40-15-7-11-19-49(40)54-50/h3-32H,1-2H3. The molecule has 3 heterocycles. The van der Waals surface area contributed by atoms with Crippen LogP contribution in [0.5, 0.6) is 0 Å². The number of aromatic nitrogens is 1. The van der Waals surface area contributed by atoms with E-state index in [0.717, 1.165) is 5.69 Å². The molecule has 54 heavy (non-hydrogen) atoms. The van der Waals surface area contributed by atoms with E-state index in [1.807, 2.05) is 11.3 Å². The van der Waals surface area contributed by atoms with Crippen molar-refractivity contribution in [2.24, 2.45) is 0 Å². The summed E-state index contributed by atoms with van der Waals surface area (Å²) in [5.74, 6) is 0. The van der Waals surface area contributed by atoms with E-state index in [0.29, 0.717) is 0 Å². The Morgan fingerprint density at radius 1 is 0.389 bits per heavy atom. The second-order valence-electron chi connectivity index (χ2n) is 15.0. The van der Waals surface area contributed by atoms with Crippen LogP contribution in [0.4, 0.5) is 17.1 Å². The van der Waals surface area contributed by atoms with Crippen molar-refractivity contribution in [3.8, 4) is 27.9 Å². The van der Waals surface area contributed by atoms with Gasteiger partial charge in [-0.05, 0) is 112 Å². The van der Waals surface area contributed by atoms with Crippen molar-refractivity contribution >= 4 is 70.4 Å². The molecule has 0 fully saturated rings. The molecule has 0 amide bonds. The Kier molecular flexibility index (Phi) is 6.80. The Morgan fingerprint density at radius 2 is 0.981 bits per heavy atom. The Balaban J connectivity index is 1.01. The lowest BCUT2D eigenvalue weighted by molar-refractivity contribution is 0.632. The third kappa shape index (κ3) is 4.65. The summed E-state index contributed by atoms with van der Waals surface area (Å²) in [4.78, 5) is 2.42. The molecule has 8 aromatic carbocycles. The van der Waals surface area contributed by atoms with Crippen molar-refractivity contribution in [1.29, 1.82) is 0 Å². The number of anilines is 3. The molecule has 0 atom stereocenters. The predicted molar refractivity (Wildman–Crippen MR) is 231 cm³/mol. The maximum Gasteiger partial charge on any atom is 0.0541 e. The average molecular weight is 709 g/mol. The van der Waals surface area contributed by atoms with Gasteiger partial charge in [0.25, 0.3) is 0 Å². The Bertz CT molecular complexity index is 3070. The molecule has 0 aliphatic carbocycles. The lowest BCUT2D eigenvalue weighted by atomic mass is 9.73. The van der Waals surface area contributed by atoms with E-state index in [1.54, 1.807) is 0 Å². The molecule has 0 unspecified atom stereocenters. The molecular formula is C51H36N2S. The van der Waals surface area contributed by atoms with Gasteiger partial charge in [-0.3, -0.25) is 0 Å². The Labute approximate surface area is 318 Å². The molecular weight excluding hydrogens is 673 g/mol. The third-order valence-electron chi connectivity index (χ3n) is 11.6. The van der Waals surface area contributed by atoms with E-state index in [4.69, 9.17) is 0 Å². The van der Waals surface area contributed by atoms with Crippen LogP contribution in [0.15, 0.2) is 182 Å². The first-order chi connectivity index (χ1) is 26.5. The Hall–Kier alpha value is -6.42. The molecule has 0 N–H and O–H groups in total. The molecule has 11 rings (SSSR count). The summed E-state index contributed by atoms with van der Waals surface area (Å²) in [6.07, 6.45) is 0. The van der Waals surface area contributed by atoms with Gasteiger partial charge in [0.2, 0.25) is 0 Å². The van der Waals surface area contributed by atoms with Crippen LogP contribution in [0.25, 0.3) is 69.9 Å². The van der Waals surface area contributed by atoms with Gasteiger partial charge in [0.1, 0.15) is 0 Å². The monoisotopic (exact) mass is 708 g/mol. The summed E-state index contributed by atoms with van der Waals surface area (Å²) in [5, 5.41) is 5.18. The molecule has 1 aliphatic heterocycles. The second-order valence-corrected chi connectivity index (χ2v) is 16.1. The van der Waals surface area contributed by atoms with Gasteiger partial charge in [0.05, 0.1) is 22.4 Å². The highest BCUT2D eigenvalue weighted by Gasteiger charge is 2.37. The molecule has 0 saturated carbocycles. The molecule has 1 aliphatic rings. The molecule has 2 nitrogen and oxygen atoms in total. The molecule has 0 bridgehead atoms. The number of para-hydroxylation sites is 3. The quantitative estimate of drug-likeness (QED) is 0.177. The highest BCUT2D eigenvalue weighted by molar-refractivity contribution is 7.25. The summed E-state index contributed by atoms with van der Waals surface area (Å²) in [5.41, 5.74) is 14.7. The number of hydrogen-bond acceptors (Lipinski definition) is 2. The van der Waals surface area contributed by atoms with Crippen LogP contribution in [-0.4, -0.2) is 4.57 Å². The molecule has 0 spiro atoms. The minimum atomic E-state index is -0.164. The van der Waals surface area contributed by atoms with Gasteiger partial charge in [-0.25, -0.2) is 0 Å². The highest BCUT2D eigenvalue weighted by atomic mass is 32.1. The summed E-state index contributed by atoms with van der Waals surface area (Å²) in [7, 11) is 0. The van der Waals surface area contributed by atoms with Gasteiger partial charge < -0.3 is 9.47 Å².